The van der Waals surface area contributed by atoms with Gasteiger partial charge >= 0.3 is 18.4 Å². The van der Waals surface area contributed by atoms with E-state index in [4.69, 9.17) is 9.47 Å². The van der Waals surface area contributed by atoms with E-state index in [2.05, 4.69) is 20.0 Å². The molecule has 1 fully saturated rings. The first-order chi connectivity index (χ1) is 21.6. The molecule has 19 heteroatoms. The van der Waals surface area contributed by atoms with Crippen LogP contribution in [0.2, 0.25) is 0 Å². The number of hydrazine groups is 1. The number of rotatable bonds is 11. The molecule has 1 aromatic heterocycles. The van der Waals surface area contributed by atoms with Gasteiger partial charge in [0.1, 0.15) is 0 Å². The van der Waals surface area contributed by atoms with E-state index in [0.717, 1.165) is 33.5 Å². The summed E-state index contributed by atoms with van der Waals surface area (Å²) >= 11 is 0. The number of halogens is 3. The predicted molar refractivity (Wildman–Crippen MR) is 150 cm³/mol. The summed E-state index contributed by atoms with van der Waals surface area (Å²) in [5.74, 6) is -0.324. The first-order valence-corrected chi connectivity index (χ1v) is 15.0. The first-order valence-electron chi connectivity index (χ1n) is 13.5. The molecule has 1 N–H and O–H groups in total. The minimum absolute atomic E-state index is 0.0994. The van der Waals surface area contributed by atoms with Crippen LogP contribution in [-0.2, 0) is 35.2 Å². The fourth-order valence-electron chi connectivity index (χ4n) is 4.02. The topological polar surface area (TPSA) is 177 Å². The molecule has 15 nitrogen and oxygen atoms in total. The van der Waals surface area contributed by atoms with Gasteiger partial charge in [-0.1, -0.05) is 29.8 Å². The number of benzene rings is 2. The first kappa shape index (κ1) is 33.8. The highest BCUT2D eigenvalue weighted by molar-refractivity contribution is 7.90. The minimum atomic E-state index is -4.71. The highest BCUT2D eigenvalue weighted by Crippen LogP contribution is 2.33. The quantitative estimate of drug-likeness (QED) is 0.0757. The van der Waals surface area contributed by atoms with Crippen molar-refractivity contribution in [3.05, 3.63) is 71.1 Å². The zero-order valence-electron chi connectivity index (χ0n) is 24.6. The van der Waals surface area contributed by atoms with Gasteiger partial charge in [0, 0.05) is 11.5 Å². The van der Waals surface area contributed by atoms with Crippen molar-refractivity contribution in [3.8, 4) is 16.9 Å². The van der Waals surface area contributed by atoms with Crippen LogP contribution in [-0.4, -0.2) is 73.0 Å². The number of nitrogens with zero attached hydrogens (tertiary/aromatic N) is 5. The molecule has 0 bridgehead atoms. The fourth-order valence-corrected chi connectivity index (χ4v) is 4.91. The van der Waals surface area contributed by atoms with Crippen molar-refractivity contribution in [3.63, 3.8) is 0 Å². The van der Waals surface area contributed by atoms with E-state index in [-0.39, 0.29) is 46.9 Å². The maximum Gasteiger partial charge on any atom is 0.511 e. The summed E-state index contributed by atoms with van der Waals surface area (Å²) in [6, 6.07) is 12.4. The summed E-state index contributed by atoms with van der Waals surface area (Å²) in [6.45, 7) is 4.39. The smallest absolute Gasteiger partial charge is 0.511 e. The molecule has 0 saturated carbocycles. The molecular weight excluding hydrogens is 641 g/mol. The normalized spacial score (nSPS) is 14.1. The molecule has 0 aliphatic carbocycles. The van der Waals surface area contributed by atoms with Crippen molar-refractivity contribution in [1.82, 2.24) is 19.5 Å². The van der Waals surface area contributed by atoms with E-state index in [1.807, 2.05) is 6.92 Å². The zero-order valence-corrected chi connectivity index (χ0v) is 25.4. The van der Waals surface area contributed by atoms with Gasteiger partial charge in [0.25, 0.3) is 16.8 Å². The predicted octanol–water partition coefficient (Wildman–Crippen LogP) is 4.54. The van der Waals surface area contributed by atoms with Crippen LogP contribution >= 0.6 is 0 Å². The molecule has 248 valence electrons. The standard InChI is InChI=1S/C27H29F3N6O9S/c1-17(2)45-26(38)43-16-44-33-36(39)34-13-19(14-34)15-42-25(37)32-46(40,41)22-10-8-21(9-11-22)35-23(12-24(31-35)27(28,29)30)20-6-4-18(3)5-7-20/h4-12,17,19H,13-16H2,1-3H3,(H,32,37)/b36-33-. The summed E-state index contributed by atoms with van der Waals surface area (Å²) in [4.78, 5) is 27.7. The van der Waals surface area contributed by atoms with Gasteiger partial charge < -0.3 is 24.3 Å². The summed E-state index contributed by atoms with van der Waals surface area (Å²) in [5, 5.41) is 19.9. The number of nitrogens with one attached hydrogen (secondary N) is 1. The SMILES string of the molecule is Cc1ccc(-c2cc(C(F)(F)F)nn2-c2ccc(S(=O)(=O)NC(=O)OCC3CN(/[N+]([O-])=N/OCOC(=O)OC(C)C)C3)cc2)cc1. The average molecular weight is 671 g/mol. The van der Waals surface area contributed by atoms with Crippen LogP contribution in [0.25, 0.3) is 16.9 Å². The number of hydrogen-bond donors (Lipinski definition) is 1. The van der Waals surface area contributed by atoms with E-state index in [1.165, 1.54) is 12.1 Å². The van der Waals surface area contributed by atoms with Gasteiger partial charge in [0.05, 0.1) is 47.0 Å². The van der Waals surface area contributed by atoms with E-state index in [1.54, 1.807) is 42.8 Å². The fraction of sp³-hybridized carbons (Fsp3) is 0.370. The number of sulfonamides is 1. The van der Waals surface area contributed by atoms with Crippen LogP contribution in [0, 0.1) is 18.0 Å². The number of alkyl halides is 3. The molecule has 1 saturated heterocycles. The molecule has 4 rings (SSSR count). The van der Waals surface area contributed by atoms with E-state index in [9.17, 15) is 36.4 Å². The van der Waals surface area contributed by atoms with Crippen molar-refractivity contribution in [1.29, 1.82) is 0 Å². The Morgan fingerprint density at radius 2 is 1.76 bits per heavy atom. The van der Waals surface area contributed by atoms with Gasteiger partial charge in [0.2, 0.25) is 5.28 Å². The number of aromatic nitrogens is 2. The van der Waals surface area contributed by atoms with Crippen molar-refractivity contribution in [2.45, 2.75) is 37.9 Å². The Balaban J connectivity index is 1.29. The number of ether oxygens (including phenoxy) is 3. The Hall–Kier alpha value is -5.07. The maximum absolute atomic E-state index is 13.5. The summed E-state index contributed by atoms with van der Waals surface area (Å²) in [6.07, 6.45) is -7.38. The van der Waals surface area contributed by atoms with Crippen LogP contribution < -0.4 is 4.72 Å². The third-order valence-corrected chi connectivity index (χ3v) is 7.60. The monoisotopic (exact) mass is 670 g/mol. The molecule has 0 spiro atoms. The number of carbonyl (C=O) groups excluding carboxylic acids is 2. The summed E-state index contributed by atoms with van der Waals surface area (Å²) in [7, 11) is -4.41. The van der Waals surface area contributed by atoms with Gasteiger partial charge in [-0.3, -0.25) is 0 Å². The molecule has 1 aliphatic heterocycles. The van der Waals surface area contributed by atoms with Gasteiger partial charge in [0.15, 0.2) is 5.69 Å². The highest BCUT2D eigenvalue weighted by Gasteiger charge is 2.36. The molecule has 46 heavy (non-hydrogen) atoms. The minimum Gasteiger partial charge on any atom is -0.569 e. The Bertz CT molecular complexity index is 1670. The molecule has 1 aliphatic rings. The van der Waals surface area contributed by atoms with Crippen LogP contribution in [0.4, 0.5) is 22.8 Å². The molecule has 0 radical (unpaired) electrons. The summed E-state index contributed by atoms with van der Waals surface area (Å²) in [5.41, 5.74) is 0.527. The third kappa shape index (κ3) is 8.77. The Morgan fingerprint density at radius 1 is 1.11 bits per heavy atom. The van der Waals surface area contributed by atoms with E-state index in [0.29, 0.717) is 5.56 Å². The Kier molecular flexibility index (Phi) is 10.2. The Morgan fingerprint density at radius 3 is 2.37 bits per heavy atom. The van der Waals surface area contributed by atoms with Gasteiger partial charge in [-0.15, -0.1) is 5.01 Å². The summed E-state index contributed by atoms with van der Waals surface area (Å²) < 4.78 is 82.9. The zero-order chi connectivity index (χ0) is 33.6. The van der Waals surface area contributed by atoms with E-state index < -0.39 is 47.0 Å². The molecular formula is C27H29F3N6O9S. The number of carbonyl (C=O) groups is 2. The highest BCUT2D eigenvalue weighted by atomic mass is 32.2. The average Bonchev–Trinajstić information content (AvgIpc) is 3.41. The molecule has 0 unspecified atom stereocenters. The van der Waals surface area contributed by atoms with E-state index >= 15 is 0 Å². The largest absolute Gasteiger partial charge is 0.569 e. The lowest BCUT2D eigenvalue weighted by Crippen LogP contribution is -2.52. The lowest BCUT2D eigenvalue weighted by molar-refractivity contribution is -0.727. The lowest BCUT2D eigenvalue weighted by atomic mass is 10.0. The van der Waals surface area contributed by atoms with Crippen LogP contribution in [0.5, 0.6) is 0 Å². The van der Waals surface area contributed by atoms with Crippen molar-refractivity contribution >= 4 is 22.3 Å². The second-order valence-corrected chi connectivity index (χ2v) is 12.0. The molecule has 0 atom stereocenters. The van der Waals surface area contributed by atoms with Crippen molar-refractivity contribution in [2.75, 3.05) is 26.5 Å². The van der Waals surface area contributed by atoms with Crippen LogP contribution in [0.3, 0.4) is 0 Å². The Labute approximate surface area is 260 Å². The van der Waals surface area contributed by atoms with Gasteiger partial charge in [-0.2, -0.15) is 18.3 Å². The van der Waals surface area contributed by atoms with Gasteiger partial charge in [-0.05, 0) is 51.1 Å². The third-order valence-electron chi connectivity index (χ3n) is 6.28. The second-order valence-electron chi connectivity index (χ2n) is 10.3. The molecule has 3 aromatic rings. The lowest BCUT2D eigenvalue weighted by Gasteiger charge is -2.33. The molecule has 2 heterocycles. The second kappa shape index (κ2) is 13.9. The number of aryl methyl sites for hydroxylation is 1. The van der Waals surface area contributed by atoms with Crippen LogP contribution in [0.15, 0.2) is 64.8 Å². The van der Waals surface area contributed by atoms with Crippen molar-refractivity contribution in [2.24, 2.45) is 11.2 Å². The number of amides is 1. The number of hydrogen-bond acceptors (Lipinski definition) is 11. The van der Waals surface area contributed by atoms with Crippen molar-refractivity contribution < 1.29 is 55.2 Å². The van der Waals surface area contributed by atoms with Crippen LogP contribution in [0.1, 0.15) is 25.1 Å². The van der Waals surface area contributed by atoms with Gasteiger partial charge in [-0.25, -0.2) is 27.4 Å². The maximum atomic E-state index is 13.5. The molecule has 2 aromatic carbocycles. The molecule has 1 amide bonds.